The Balaban J connectivity index is 2.36. The first-order chi connectivity index (χ1) is 8.01. The third-order valence-corrected chi connectivity index (χ3v) is 5.29. The second-order valence-electron chi connectivity index (χ2n) is 5.30. The second-order valence-corrected chi connectivity index (χ2v) is 7.04. The molecule has 96 valence electrons. The minimum atomic E-state index is -0.0274. The van der Waals surface area contributed by atoms with Crippen LogP contribution in [0.15, 0.2) is 0 Å². The van der Waals surface area contributed by atoms with Gasteiger partial charge in [0.2, 0.25) is 0 Å². The quantitative estimate of drug-likeness (QED) is 0.651. The Kier molecular flexibility index (Phi) is 6.99. The van der Waals surface area contributed by atoms with Gasteiger partial charge in [-0.15, -0.1) is 0 Å². The van der Waals surface area contributed by atoms with Crippen LogP contribution in [-0.2, 0) is 4.79 Å². The molecule has 1 fully saturated rings. The SMILES string of the molecule is CCCN(CCNC(=O)[CH2][SrH])C1CC[C@]1(C)N. The molecule has 1 rings (SSSR count). The molecular formula is C12H25N3OSr. The van der Waals surface area contributed by atoms with Crippen LogP contribution in [0.3, 0.4) is 0 Å². The predicted octanol–water partition coefficient (Wildman–Crippen LogP) is 0.0135. The van der Waals surface area contributed by atoms with Crippen LogP contribution in [0.4, 0.5) is 0 Å². The van der Waals surface area contributed by atoms with E-state index in [2.05, 4.69) is 24.1 Å². The van der Waals surface area contributed by atoms with Crippen LogP contribution in [0.25, 0.3) is 0 Å². The van der Waals surface area contributed by atoms with Gasteiger partial charge in [0.15, 0.2) is 0 Å². The molecule has 0 aromatic carbocycles. The van der Waals surface area contributed by atoms with Gasteiger partial charge >= 0.3 is 136 Å². The Morgan fingerprint density at radius 2 is 2.29 bits per heavy atom. The van der Waals surface area contributed by atoms with Crippen LogP contribution in [-0.4, -0.2) is 85.3 Å². The molecule has 0 aliphatic heterocycles. The standard InChI is InChI=1S/C12H24N3O.Sr.H/c1-4-8-15(9-7-14-10(2)16)11-5-6-12(11,3)13;;/h11H,2,4-9,13H2,1,3H3,(H,14,16);;/t11?,12-;;/m0../s1. The molecule has 0 bridgehead atoms. The molecule has 1 saturated carbocycles. The zero-order valence-electron chi connectivity index (χ0n) is 11.5. The first kappa shape index (κ1) is 15.9. The van der Waals surface area contributed by atoms with Crippen molar-refractivity contribution in [1.29, 1.82) is 0 Å². The van der Waals surface area contributed by atoms with Crippen molar-refractivity contribution in [3.8, 4) is 0 Å². The van der Waals surface area contributed by atoms with Crippen molar-refractivity contribution in [1.82, 2.24) is 10.2 Å². The monoisotopic (exact) mass is 315 g/mol. The third-order valence-electron chi connectivity index (χ3n) is 3.71. The number of nitrogens with two attached hydrogens (primary N) is 1. The topological polar surface area (TPSA) is 58.4 Å². The van der Waals surface area contributed by atoms with Gasteiger partial charge < -0.3 is 0 Å². The first-order valence-corrected chi connectivity index (χ1v) is 10.3. The van der Waals surface area contributed by atoms with Gasteiger partial charge in [0.1, 0.15) is 0 Å². The number of rotatable bonds is 7. The molecule has 2 atom stereocenters. The molecule has 0 saturated heterocycles. The van der Waals surface area contributed by atoms with Gasteiger partial charge in [-0.1, -0.05) is 0 Å². The summed E-state index contributed by atoms with van der Waals surface area (Å²) in [5.74, 6) is 0.223. The summed E-state index contributed by atoms with van der Waals surface area (Å²) in [6.45, 7) is 7.12. The molecule has 3 N–H and O–H groups in total. The number of nitrogens with zero attached hydrogens (tertiary/aromatic N) is 1. The summed E-state index contributed by atoms with van der Waals surface area (Å²) in [5.41, 5.74) is 6.21. The Hall–Kier alpha value is 0.871. The summed E-state index contributed by atoms with van der Waals surface area (Å²) in [6.07, 6.45) is 3.46. The van der Waals surface area contributed by atoms with Gasteiger partial charge in [0, 0.05) is 0 Å². The molecule has 4 nitrogen and oxygen atoms in total. The van der Waals surface area contributed by atoms with E-state index in [1.165, 1.54) is 6.42 Å². The fourth-order valence-corrected chi connectivity index (χ4v) is 3.12. The molecule has 1 aliphatic rings. The number of amides is 1. The van der Waals surface area contributed by atoms with Crippen LogP contribution >= 0.6 is 0 Å². The van der Waals surface area contributed by atoms with Crippen LogP contribution in [0.1, 0.15) is 33.1 Å². The van der Waals surface area contributed by atoms with E-state index < -0.39 is 0 Å². The molecule has 0 heterocycles. The molecule has 1 aliphatic carbocycles. The van der Waals surface area contributed by atoms with Crippen LogP contribution in [0.5, 0.6) is 0 Å². The Morgan fingerprint density at radius 3 is 2.71 bits per heavy atom. The van der Waals surface area contributed by atoms with E-state index in [1.54, 1.807) is 0 Å². The summed E-state index contributed by atoms with van der Waals surface area (Å²) in [4.78, 5) is 13.7. The fourth-order valence-electron chi connectivity index (χ4n) is 2.50. The average molecular weight is 315 g/mol. The Bertz CT molecular complexity index is 258. The molecule has 1 amide bonds. The van der Waals surface area contributed by atoms with Crippen molar-refractivity contribution < 1.29 is 4.79 Å². The van der Waals surface area contributed by atoms with Crippen molar-refractivity contribution >= 4 is 49.2 Å². The minimum absolute atomic E-state index is 0.0274. The van der Waals surface area contributed by atoms with Gasteiger partial charge in [-0.2, -0.15) is 0 Å². The van der Waals surface area contributed by atoms with Crippen LogP contribution < -0.4 is 11.1 Å². The predicted molar refractivity (Wildman–Crippen MR) is 72.4 cm³/mol. The van der Waals surface area contributed by atoms with Gasteiger partial charge in [0.25, 0.3) is 0 Å². The summed E-state index contributed by atoms with van der Waals surface area (Å²) in [7, 11) is 0. The summed E-state index contributed by atoms with van der Waals surface area (Å²) in [6, 6.07) is 0.500. The number of hydrogen-bond donors (Lipinski definition) is 2. The third kappa shape index (κ3) is 4.80. The van der Waals surface area contributed by atoms with Gasteiger partial charge in [-0.05, 0) is 0 Å². The van der Waals surface area contributed by atoms with E-state index in [4.69, 9.17) is 5.73 Å². The van der Waals surface area contributed by atoms with Crippen molar-refractivity contribution in [2.75, 3.05) is 19.6 Å². The van der Waals surface area contributed by atoms with Gasteiger partial charge in [-0.3, -0.25) is 0 Å². The Labute approximate surface area is 134 Å². The maximum atomic E-state index is 11.2. The van der Waals surface area contributed by atoms with E-state index in [0.717, 1.165) is 33.9 Å². The van der Waals surface area contributed by atoms with Gasteiger partial charge in [0.05, 0.1) is 0 Å². The van der Waals surface area contributed by atoms with E-state index in [9.17, 15) is 4.79 Å². The molecule has 0 spiro atoms. The first-order valence-electron chi connectivity index (χ1n) is 6.81. The van der Waals surface area contributed by atoms with Crippen molar-refractivity contribution in [3.05, 3.63) is 0 Å². The van der Waals surface area contributed by atoms with E-state index >= 15 is 0 Å². The number of carbonyl (C=O) groups is 1. The molecule has 0 aromatic heterocycles. The normalized spacial score (nSPS) is 27.8. The summed E-state index contributed by atoms with van der Waals surface area (Å²) in [5, 5.41) is 2.98. The fraction of sp³-hybridized carbons (Fsp3) is 0.917. The second kappa shape index (κ2) is 7.46. The average Bonchev–Trinajstić information content (AvgIpc) is 2.27. The molecule has 0 radical (unpaired) electrons. The molecule has 1 unspecified atom stereocenters. The van der Waals surface area contributed by atoms with Crippen LogP contribution in [0, 0.1) is 0 Å². The maximum absolute atomic E-state index is 11.2. The number of carbonyl (C=O) groups excluding carboxylic acids is 1. The van der Waals surface area contributed by atoms with Gasteiger partial charge in [-0.25, -0.2) is 0 Å². The van der Waals surface area contributed by atoms with Crippen molar-refractivity contribution in [2.24, 2.45) is 5.73 Å². The summed E-state index contributed by atoms with van der Waals surface area (Å²) < 4.78 is 0.771. The molecular weight excluding hydrogens is 290 g/mol. The number of hydrogen-bond acceptors (Lipinski definition) is 3. The van der Waals surface area contributed by atoms with Crippen molar-refractivity contribution in [3.63, 3.8) is 0 Å². The number of nitrogens with one attached hydrogen (secondary N) is 1. The van der Waals surface area contributed by atoms with E-state index in [1.807, 2.05) is 0 Å². The van der Waals surface area contributed by atoms with Crippen molar-refractivity contribution in [2.45, 2.75) is 46.1 Å². The molecule has 0 aromatic rings. The zero-order valence-corrected chi connectivity index (χ0v) is 16.4. The van der Waals surface area contributed by atoms with Crippen LogP contribution in [0.2, 0.25) is 1.39 Å². The van der Waals surface area contributed by atoms with E-state index in [0.29, 0.717) is 49.3 Å². The van der Waals surface area contributed by atoms with E-state index in [-0.39, 0.29) is 11.4 Å². The summed E-state index contributed by atoms with van der Waals surface area (Å²) >= 11 is 0.464. The molecule has 17 heavy (non-hydrogen) atoms. The Morgan fingerprint density at radius 1 is 1.59 bits per heavy atom. The zero-order chi connectivity index (χ0) is 12.9. The molecule has 5 heteroatoms.